The van der Waals surface area contributed by atoms with Crippen molar-refractivity contribution in [3.8, 4) is 28.3 Å². The van der Waals surface area contributed by atoms with E-state index in [0.717, 1.165) is 62.3 Å². The van der Waals surface area contributed by atoms with E-state index in [2.05, 4.69) is 120 Å². The van der Waals surface area contributed by atoms with Crippen molar-refractivity contribution in [3.63, 3.8) is 0 Å². The molecular formula is C61H46N2O2. The molecule has 312 valence electrons. The molecule has 4 unspecified atom stereocenters. The molecule has 8 aliphatic rings. The van der Waals surface area contributed by atoms with E-state index in [0.29, 0.717) is 23.7 Å². The first-order valence-electron chi connectivity index (χ1n) is 24.7. The van der Waals surface area contributed by atoms with Crippen LogP contribution >= 0.6 is 0 Å². The third-order valence-electron chi connectivity index (χ3n) is 18.6. The van der Waals surface area contributed by atoms with E-state index in [4.69, 9.17) is 8.83 Å². The first-order chi connectivity index (χ1) is 32.1. The Bertz CT molecular complexity index is 3970. The van der Waals surface area contributed by atoms with Gasteiger partial charge in [-0.2, -0.15) is 5.26 Å². The Morgan fingerprint density at radius 3 is 1.54 bits per heavy atom. The summed E-state index contributed by atoms with van der Waals surface area (Å²) in [5.74, 6) is 5.33. The molecule has 19 rings (SSSR count). The summed E-state index contributed by atoms with van der Waals surface area (Å²) in [6, 6.07) is 43.8. The fraction of sp³-hybridized carbons (Fsp3) is 0.295. The van der Waals surface area contributed by atoms with Gasteiger partial charge in [0.15, 0.2) is 0 Å². The van der Waals surface area contributed by atoms with Crippen LogP contribution in [0.2, 0.25) is 0 Å². The number of para-hydroxylation sites is 2. The Morgan fingerprint density at radius 2 is 0.938 bits per heavy atom. The summed E-state index contributed by atoms with van der Waals surface area (Å²) in [6.45, 7) is 0. The van der Waals surface area contributed by atoms with E-state index in [1.165, 1.54) is 146 Å². The molecule has 4 nitrogen and oxygen atoms in total. The van der Waals surface area contributed by atoms with Gasteiger partial charge < -0.3 is 13.2 Å². The lowest BCUT2D eigenvalue weighted by Crippen LogP contribution is -2.25. The fourth-order valence-electron chi connectivity index (χ4n) is 16.7. The number of nitrogens with zero attached hydrogens (tertiary/aromatic N) is 2. The summed E-state index contributed by atoms with van der Waals surface area (Å²) in [7, 11) is 0. The third-order valence-corrected chi connectivity index (χ3v) is 18.6. The molecule has 4 heterocycles. The van der Waals surface area contributed by atoms with Crippen LogP contribution in [0.5, 0.6) is 0 Å². The zero-order valence-electron chi connectivity index (χ0n) is 36.3. The van der Waals surface area contributed by atoms with Gasteiger partial charge in [-0.3, -0.25) is 0 Å². The number of rotatable bonds is 2. The number of hydrogen-bond donors (Lipinski definition) is 0. The van der Waals surface area contributed by atoms with E-state index in [1.807, 2.05) is 0 Å². The van der Waals surface area contributed by atoms with Crippen LogP contribution in [0.4, 0.5) is 0 Å². The van der Waals surface area contributed by atoms with Crippen LogP contribution in [0.15, 0.2) is 118 Å². The molecule has 0 amide bonds. The third kappa shape index (κ3) is 4.35. The van der Waals surface area contributed by atoms with Crippen LogP contribution in [0.3, 0.4) is 0 Å². The highest BCUT2D eigenvalue weighted by Crippen LogP contribution is 2.62. The minimum absolute atomic E-state index is 0.450. The number of furan rings is 2. The standard InChI is InChI=1S/C61H46N2O2/c62-29-38-25-49-60(55-37-23-32-16-33(24-37)22-36(21-32)54(38)55)59-46(40-10-6-14-53-57(40)42-8-2-4-12-51(42)65-53)27-45(39-9-5-13-52-56(39)41-7-1-3-11-50(41)64-52)58-47-26-43-34-17-30-15-31(18-34)20-35(19-30)44(43)28-48(47)63(49)61(58)59/h1-14,25-28,30-37H,15-24H2. The summed E-state index contributed by atoms with van der Waals surface area (Å²) in [6.07, 6.45) is 13.0. The Kier molecular flexibility index (Phi) is 6.42. The topological polar surface area (TPSA) is 54.5 Å². The lowest BCUT2D eigenvalue weighted by atomic mass is 9.67. The van der Waals surface area contributed by atoms with Crippen molar-refractivity contribution in [2.24, 2.45) is 23.7 Å². The summed E-state index contributed by atoms with van der Waals surface area (Å²) in [4.78, 5) is 0. The van der Waals surface area contributed by atoms with Crippen molar-refractivity contribution in [1.29, 1.82) is 5.26 Å². The van der Waals surface area contributed by atoms with Crippen LogP contribution in [0.1, 0.15) is 116 Å². The Balaban J connectivity index is 1.12. The van der Waals surface area contributed by atoms with E-state index >= 15 is 0 Å². The van der Waals surface area contributed by atoms with Crippen molar-refractivity contribution >= 4 is 82.0 Å². The molecule has 8 bridgehead atoms. The fourth-order valence-corrected chi connectivity index (χ4v) is 16.7. The Labute approximate surface area is 375 Å². The first-order valence-corrected chi connectivity index (χ1v) is 24.7. The van der Waals surface area contributed by atoms with Gasteiger partial charge in [-0.05, 0) is 205 Å². The van der Waals surface area contributed by atoms with Crippen LogP contribution in [0.25, 0.3) is 104 Å². The maximum Gasteiger partial charge on any atom is 0.136 e. The van der Waals surface area contributed by atoms with Gasteiger partial charge >= 0.3 is 0 Å². The second-order valence-corrected chi connectivity index (χ2v) is 21.8. The minimum atomic E-state index is 0.450. The highest BCUT2D eigenvalue weighted by Gasteiger charge is 2.46. The van der Waals surface area contributed by atoms with E-state index in [1.54, 1.807) is 11.1 Å². The van der Waals surface area contributed by atoms with E-state index in [9.17, 15) is 5.26 Å². The molecule has 7 aromatic carbocycles. The maximum atomic E-state index is 11.3. The second-order valence-electron chi connectivity index (χ2n) is 21.8. The molecule has 0 saturated heterocycles. The van der Waals surface area contributed by atoms with E-state index < -0.39 is 0 Å². The smallest absolute Gasteiger partial charge is 0.136 e. The van der Waals surface area contributed by atoms with Gasteiger partial charge in [0.1, 0.15) is 22.3 Å². The van der Waals surface area contributed by atoms with E-state index in [-0.39, 0.29) is 0 Å². The SMILES string of the molecule is N#Cc1cc2c(c3c1C1CC4CC(C1)CC3C4)c1c(-c3cccc4oc5ccccc5c34)cc(-c3cccc4oc5ccccc5c34)c3c4cc5c(cc4n2c31)C1CC2CC(CC5C2)C1. The molecule has 4 atom stereocenters. The molecule has 0 N–H and O–H groups in total. The van der Waals surface area contributed by atoms with Crippen molar-refractivity contribution in [3.05, 3.63) is 137 Å². The van der Waals surface area contributed by atoms with Gasteiger partial charge in [0.25, 0.3) is 0 Å². The molecule has 4 heteroatoms. The quantitative estimate of drug-likeness (QED) is 0.174. The lowest BCUT2D eigenvalue weighted by molar-refractivity contribution is 0.166. The zero-order chi connectivity index (χ0) is 42.0. The van der Waals surface area contributed by atoms with Crippen LogP contribution in [-0.2, 0) is 0 Å². The largest absolute Gasteiger partial charge is 0.456 e. The number of fused-ring (bicyclic) bond motifs is 12. The predicted octanol–water partition coefficient (Wildman–Crippen LogP) is 16.6. The molecule has 4 aromatic heterocycles. The molecule has 4 fully saturated rings. The van der Waals surface area contributed by atoms with Gasteiger partial charge in [0.2, 0.25) is 0 Å². The van der Waals surface area contributed by atoms with Crippen molar-refractivity contribution in [1.82, 2.24) is 4.40 Å². The van der Waals surface area contributed by atoms with Crippen molar-refractivity contribution in [2.45, 2.75) is 87.9 Å². The zero-order valence-corrected chi connectivity index (χ0v) is 36.3. The summed E-state index contributed by atoms with van der Waals surface area (Å²) >= 11 is 0. The normalized spacial score (nSPS) is 26.4. The molecule has 8 aliphatic carbocycles. The predicted molar refractivity (Wildman–Crippen MR) is 262 cm³/mol. The molecule has 4 saturated carbocycles. The maximum absolute atomic E-state index is 11.3. The van der Waals surface area contributed by atoms with Gasteiger partial charge in [-0.25, -0.2) is 0 Å². The second kappa shape index (κ2) is 12.0. The molecule has 11 aromatic rings. The molecule has 0 spiro atoms. The molecule has 0 radical (unpaired) electrons. The van der Waals surface area contributed by atoms with Crippen LogP contribution < -0.4 is 0 Å². The van der Waals surface area contributed by atoms with Gasteiger partial charge in [-0.15, -0.1) is 0 Å². The highest BCUT2D eigenvalue weighted by atomic mass is 16.3. The van der Waals surface area contributed by atoms with Crippen molar-refractivity contribution in [2.75, 3.05) is 0 Å². The summed E-state index contributed by atoms with van der Waals surface area (Å²) in [5, 5.41) is 21.4. The average molecular weight is 839 g/mol. The minimum Gasteiger partial charge on any atom is -0.456 e. The summed E-state index contributed by atoms with van der Waals surface area (Å²) in [5.41, 5.74) is 19.5. The highest BCUT2D eigenvalue weighted by molar-refractivity contribution is 6.34. The number of hydrogen-bond acceptors (Lipinski definition) is 3. The number of aromatic nitrogens is 1. The lowest BCUT2D eigenvalue weighted by Gasteiger charge is -2.38. The Hall–Kier alpha value is -6.57. The number of nitriles is 1. The molecule has 65 heavy (non-hydrogen) atoms. The Morgan fingerprint density at radius 1 is 0.415 bits per heavy atom. The van der Waals surface area contributed by atoms with Gasteiger partial charge in [0, 0.05) is 43.1 Å². The monoisotopic (exact) mass is 838 g/mol. The first kappa shape index (κ1) is 34.8. The van der Waals surface area contributed by atoms with Crippen LogP contribution in [0, 0.1) is 35.0 Å². The molecular weight excluding hydrogens is 793 g/mol. The van der Waals surface area contributed by atoms with Gasteiger partial charge in [-0.1, -0.05) is 60.7 Å². The summed E-state index contributed by atoms with van der Waals surface area (Å²) < 4.78 is 16.0. The number of benzene rings is 7. The molecule has 0 aliphatic heterocycles. The van der Waals surface area contributed by atoms with Gasteiger partial charge in [0.05, 0.1) is 28.2 Å². The van der Waals surface area contributed by atoms with Crippen molar-refractivity contribution < 1.29 is 8.83 Å². The average Bonchev–Trinajstić information content (AvgIpc) is 4.03. The van der Waals surface area contributed by atoms with Crippen LogP contribution in [-0.4, -0.2) is 4.40 Å².